The summed E-state index contributed by atoms with van der Waals surface area (Å²) in [5, 5.41) is 2.93. The smallest absolute Gasteiger partial charge is 0.228 e. The Morgan fingerprint density at radius 1 is 1.24 bits per heavy atom. The number of rotatable bonds is 5. The summed E-state index contributed by atoms with van der Waals surface area (Å²) in [6.07, 6.45) is 1.11. The molecule has 1 N–H and O–H groups in total. The maximum absolute atomic E-state index is 12.3. The topological polar surface area (TPSA) is 51.2 Å². The fourth-order valence-electron chi connectivity index (χ4n) is 2.36. The monoisotopic (exact) mass is 350 g/mol. The quantitative estimate of drug-likeness (QED) is 0.699. The zero-order chi connectivity index (χ0) is 17.5. The van der Waals surface area contributed by atoms with E-state index in [4.69, 9.17) is 4.74 Å². The van der Waals surface area contributed by atoms with Crippen LogP contribution in [0.25, 0.3) is 10.2 Å². The van der Waals surface area contributed by atoms with Gasteiger partial charge in [0.15, 0.2) is 0 Å². The van der Waals surface area contributed by atoms with Gasteiger partial charge in [-0.1, -0.05) is 25.0 Å². The predicted octanol–water partition coefficient (Wildman–Crippen LogP) is 4.27. The van der Waals surface area contributed by atoms with E-state index in [1.54, 1.807) is 16.8 Å². The van der Waals surface area contributed by atoms with Crippen LogP contribution in [0.2, 0.25) is 0 Å². The van der Waals surface area contributed by atoms with Crippen molar-refractivity contribution in [3.05, 3.63) is 53.5 Å². The first kappa shape index (κ1) is 17.0. The molecule has 0 bridgehead atoms. The second kappa shape index (κ2) is 8.32. The van der Waals surface area contributed by atoms with E-state index in [0.717, 1.165) is 33.6 Å². The third-order valence-electron chi connectivity index (χ3n) is 3.49. The Labute approximate surface area is 150 Å². The Kier molecular flexibility index (Phi) is 5.65. The summed E-state index contributed by atoms with van der Waals surface area (Å²) < 4.78 is 6.63. The Bertz CT molecular complexity index is 937. The maximum atomic E-state index is 12.3. The van der Waals surface area contributed by atoms with Crippen molar-refractivity contribution in [3.8, 4) is 17.6 Å². The summed E-state index contributed by atoms with van der Waals surface area (Å²) in [7, 11) is 0. The highest BCUT2D eigenvalue weighted by atomic mass is 32.1. The van der Waals surface area contributed by atoms with Gasteiger partial charge in [-0.15, -0.1) is 17.3 Å². The van der Waals surface area contributed by atoms with Crippen molar-refractivity contribution >= 4 is 33.1 Å². The fraction of sp³-hybridized carbons (Fsp3) is 0.200. The standard InChI is InChI=1S/C20H18N2O2S/c1-2-3-4-10-24-17-7-5-6-15(11-17)12-20(23)22-16-8-9-18-19(13-16)25-14-21-18/h5-9,11,13-14H,2,10,12H2,1H3,(H,22,23). The third kappa shape index (κ3) is 4.82. The maximum Gasteiger partial charge on any atom is 0.228 e. The molecule has 0 atom stereocenters. The van der Waals surface area contributed by atoms with Gasteiger partial charge < -0.3 is 10.1 Å². The van der Waals surface area contributed by atoms with Gasteiger partial charge in [0.25, 0.3) is 0 Å². The molecule has 5 heteroatoms. The van der Waals surface area contributed by atoms with Crippen molar-refractivity contribution in [3.63, 3.8) is 0 Å². The van der Waals surface area contributed by atoms with Gasteiger partial charge >= 0.3 is 0 Å². The molecule has 3 rings (SSSR count). The molecule has 2 aromatic carbocycles. The van der Waals surface area contributed by atoms with E-state index in [9.17, 15) is 4.79 Å². The molecule has 0 saturated carbocycles. The molecule has 0 spiro atoms. The van der Waals surface area contributed by atoms with Crippen molar-refractivity contribution in [1.82, 2.24) is 4.98 Å². The second-order valence-electron chi connectivity index (χ2n) is 5.40. The number of nitrogens with one attached hydrogen (secondary N) is 1. The van der Waals surface area contributed by atoms with E-state index in [1.165, 1.54) is 0 Å². The minimum atomic E-state index is -0.0632. The Morgan fingerprint density at radius 3 is 3.04 bits per heavy atom. The highest BCUT2D eigenvalue weighted by Crippen LogP contribution is 2.22. The molecule has 126 valence electrons. The number of fused-ring (bicyclic) bond motifs is 1. The number of hydrogen-bond acceptors (Lipinski definition) is 4. The first-order chi connectivity index (χ1) is 12.2. The summed E-state index contributed by atoms with van der Waals surface area (Å²) in [5.41, 5.74) is 4.42. The van der Waals surface area contributed by atoms with E-state index in [1.807, 2.05) is 49.4 Å². The molecular formula is C20H18N2O2S. The normalized spacial score (nSPS) is 10.1. The van der Waals surface area contributed by atoms with Gasteiger partial charge in [-0.05, 0) is 35.9 Å². The molecule has 1 amide bonds. The number of carbonyl (C=O) groups excluding carboxylic acids is 1. The average molecular weight is 350 g/mol. The first-order valence-corrected chi connectivity index (χ1v) is 8.93. The van der Waals surface area contributed by atoms with Crippen LogP contribution in [0, 0.1) is 11.8 Å². The van der Waals surface area contributed by atoms with Crippen LogP contribution < -0.4 is 10.1 Å². The van der Waals surface area contributed by atoms with E-state index in [2.05, 4.69) is 22.1 Å². The van der Waals surface area contributed by atoms with Crippen molar-refractivity contribution in [2.45, 2.75) is 19.8 Å². The number of aromatic nitrogens is 1. The second-order valence-corrected chi connectivity index (χ2v) is 6.29. The van der Waals surface area contributed by atoms with Crippen molar-refractivity contribution in [2.75, 3.05) is 11.9 Å². The van der Waals surface area contributed by atoms with Crippen LogP contribution in [0.3, 0.4) is 0 Å². The Balaban J connectivity index is 1.60. The first-order valence-electron chi connectivity index (χ1n) is 8.05. The molecule has 3 aromatic rings. The molecule has 0 radical (unpaired) electrons. The molecule has 1 aromatic heterocycles. The number of amides is 1. The van der Waals surface area contributed by atoms with Crippen LogP contribution in [0.1, 0.15) is 18.9 Å². The summed E-state index contributed by atoms with van der Waals surface area (Å²) in [5.74, 6) is 6.55. The van der Waals surface area contributed by atoms with Crippen LogP contribution in [0.15, 0.2) is 48.0 Å². The van der Waals surface area contributed by atoms with Gasteiger partial charge in [0.05, 0.1) is 22.1 Å². The zero-order valence-electron chi connectivity index (χ0n) is 13.9. The third-order valence-corrected chi connectivity index (χ3v) is 4.28. The number of hydrogen-bond donors (Lipinski definition) is 1. The number of benzene rings is 2. The number of anilines is 1. The number of carbonyl (C=O) groups is 1. The van der Waals surface area contributed by atoms with Crippen LogP contribution in [0.5, 0.6) is 5.75 Å². The van der Waals surface area contributed by atoms with Crippen molar-refractivity contribution in [2.24, 2.45) is 0 Å². The van der Waals surface area contributed by atoms with Crippen molar-refractivity contribution in [1.29, 1.82) is 0 Å². The van der Waals surface area contributed by atoms with Crippen LogP contribution in [0.4, 0.5) is 5.69 Å². The fourth-order valence-corrected chi connectivity index (χ4v) is 3.08. The number of nitrogens with zero attached hydrogens (tertiary/aromatic N) is 1. The molecule has 0 aliphatic rings. The Hall–Kier alpha value is -2.84. The molecule has 0 fully saturated rings. The number of thiazole rings is 1. The minimum absolute atomic E-state index is 0.0632. The summed E-state index contributed by atoms with van der Waals surface area (Å²) in [6, 6.07) is 13.3. The molecule has 1 heterocycles. The zero-order valence-corrected chi connectivity index (χ0v) is 14.7. The lowest BCUT2D eigenvalue weighted by atomic mass is 10.1. The van der Waals surface area contributed by atoms with Gasteiger partial charge in [-0.25, -0.2) is 4.98 Å². The highest BCUT2D eigenvalue weighted by molar-refractivity contribution is 7.16. The van der Waals surface area contributed by atoms with Crippen molar-refractivity contribution < 1.29 is 9.53 Å². The SMILES string of the molecule is CCC#CCOc1cccc(CC(=O)Nc2ccc3ncsc3c2)c1. The largest absolute Gasteiger partial charge is 0.481 e. The predicted molar refractivity (Wildman–Crippen MR) is 102 cm³/mol. The molecular weight excluding hydrogens is 332 g/mol. The molecule has 25 heavy (non-hydrogen) atoms. The van der Waals surface area contributed by atoms with Crippen LogP contribution in [-0.2, 0) is 11.2 Å². The van der Waals surface area contributed by atoms with E-state index in [0.29, 0.717) is 13.0 Å². The van der Waals surface area contributed by atoms with Crippen LogP contribution in [-0.4, -0.2) is 17.5 Å². The van der Waals surface area contributed by atoms with Gasteiger partial charge in [0.2, 0.25) is 5.91 Å². The van der Waals surface area contributed by atoms with Crippen LogP contribution >= 0.6 is 11.3 Å². The van der Waals surface area contributed by atoms with Gasteiger partial charge in [0, 0.05) is 12.1 Å². The lowest BCUT2D eigenvalue weighted by molar-refractivity contribution is -0.115. The molecule has 0 saturated heterocycles. The van der Waals surface area contributed by atoms with E-state index >= 15 is 0 Å². The van der Waals surface area contributed by atoms with Gasteiger partial charge in [0.1, 0.15) is 12.4 Å². The lowest BCUT2D eigenvalue weighted by Gasteiger charge is -2.07. The highest BCUT2D eigenvalue weighted by Gasteiger charge is 2.06. The molecule has 0 unspecified atom stereocenters. The van der Waals surface area contributed by atoms with E-state index in [-0.39, 0.29) is 5.91 Å². The minimum Gasteiger partial charge on any atom is -0.481 e. The van der Waals surface area contributed by atoms with Gasteiger partial charge in [-0.2, -0.15) is 0 Å². The van der Waals surface area contributed by atoms with E-state index < -0.39 is 0 Å². The lowest BCUT2D eigenvalue weighted by Crippen LogP contribution is -2.14. The Morgan fingerprint density at radius 2 is 2.16 bits per heavy atom. The summed E-state index contributed by atoms with van der Waals surface area (Å²) in [6.45, 7) is 2.36. The molecule has 4 nitrogen and oxygen atoms in total. The molecule has 0 aliphatic heterocycles. The summed E-state index contributed by atoms with van der Waals surface area (Å²) >= 11 is 1.56. The molecule has 0 aliphatic carbocycles. The average Bonchev–Trinajstić information content (AvgIpc) is 3.07. The van der Waals surface area contributed by atoms with Gasteiger partial charge in [-0.3, -0.25) is 4.79 Å². The summed E-state index contributed by atoms with van der Waals surface area (Å²) in [4.78, 5) is 16.5. The number of ether oxygens (including phenoxy) is 1.